The summed E-state index contributed by atoms with van der Waals surface area (Å²) in [6.45, 7) is 0. The number of nitrogens with one attached hydrogen (secondary N) is 2. The topological polar surface area (TPSA) is 75.3 Å². The van der Waals surface area contributed by atoms with Gasteiger partial charge in [-0.05, 0) is 65.2 Å². The Morgan fingerprint density at radius 2 is 1.43 bits per heavy atom. The van der Waals surface area contributed by atoms with Crippen LogP contribution in [0.2, 0.25) is 0 Å². The second-order valence-corrected chi connectivity index (χ2v) is 10.1. The fourth-order valence-corrected chi connectivity index (χ4v) is 5.07. The normalized spacial score (nSPS) is 14.4. The van der Waals surface area contributed by atoms with E-state index in [9.17, 15) is 26.4 Å². The summed E-state index contributed by atoms with van der Waals surface area (Å²) in [6.07, 6.45) is -2.85. The molecule has 0 saturated heterocycles. The molecule has 0 fully saturated rings. The van der Waals surface area contributed by atoms with Crippen molar-refractivity contribution in [3.8, 4) is 11.1 Å². The van der Waals surface area contributed by atoms with Crippen molar-refractivity contribution in [3.63, 3.8) is 0 Å². The molecule has 5 rings (SSSR count). The van der Waals surface area contributed by atoms with E-state index in [0.717, 1.165) is 41.0 Å². The standard InChI is InChI=1S/C28H19F3N2O3S/c29-28(30,31)21-10-12-22(13-11-21)33-37(35,36)23-14-15-26-24(17-23)25(27(34)32-26)16-18-6-8-20(9-7-18)19-4-2-1-3-5-19/h1-17,33H,(H,32,34). The molecule has 1 amide bonds. The zero-order chi connectivity index (χ0) is 26.2. The molecule has 0 spiro atoms. The molecule has 9 heteroatoms. The van der Waals surface area contributed by atoms with Gasteiger partial charge in [0.1, 0.15) is 0 Å². The maximum absolute atomic E-state index is 12.9. The summed E-state index contributed by atoms with van der Waals surface area (Å²) in [6, 6.07) is 25.3. The smallest absolute Gasteiger partial charge is 0.321 e. The van der Waals surface area contributed by atoms with E-state index in [-0.39, 0.29) is 16.5 Å². The van der Waals surface area contributed by atoms with Gasteiger partial charge < -0.3 is 5.32 Å². The van der Waals surface area contributed by atoms with Gasteiger partial charge in [-0.15, -0.1) is 0 Å². The largest absolute Gasteiger partial charge is 0.416 e. The van der Waals surface area contributed by atoms with E-state index in [1.54, 1.807) is 6.08 Å². The lowest BCUT2D eigenvalue weighted by Crippen LogP contribution is -2.13. The average molecular weight is 521 g/mol. The average Bonchev–Trinajstić information content (AvgIpc) is 3.18. The van der Waals surface area contributed by atoms with Crippen LogP contribution in [0.4, 0.5) is 24.5 Å². The van der Waals surface area contributed by atoms with Crippen LogP contribution < -0.4 is 10.0 Å². The van der Waals surface area contributed by atoms with Gasteiger partial charge in [-0.25, -0.2) is 8.42 Å². The van der Waals surface area contributed by atoms with Crippen LogP contribution in [-0.4, -0.2) is 14.3 Å². The molecule has 0 atom stereocenters. The van der Waals surface area contributed by atoms with Crippen LogP contribution >= 0.6 is 0 Å². The number of carbonyl (C=O) groups is 1. The van der Waals surface area contributed by atoms with E-state index < -0.39 is 21.8 Å². The summed E-state index contributed by atoms with van der Waals surface area (Å²) in [7, 11) is -4.13. The molecule has 0 aliphatic carbocycles. The molecule has 1 heterocycles. The first-order valence-electron chi connectivity index (χ1n) is 11.1. The number of halogens is 3. The predicted molar refractivity (Wildman–Crippen MR) is 137 cm³/mol. The third-order valence-electron chi connectivity index (χ3n) is 5.88. The molecule has 4 aromatic carbocycles. The fourth-order valence-electron chi connectivity index (χ4n) is 3.99. The molecule has 186 valence electrons. The Morgan fingerprint density at radius 1 is 0.784 bits per heavy atom. The highest BCUT2D eigenvalue weighted by atomic mass is 32.2. The second kappa shape index (κ2) is 9.25. The highest BCUT2D eigenvalue weighted by Gasteiger charge is 2.30. The minimum Gasteiger partial charge on any atom is -0.321 e. The molecule has 5 nitrogen and oxygen atoms in total. The number of fused-ring (bicyclic) bond motifs is 1. The molecule has 0 aromatic heterocycles. The van der Waals surface area contributed by atoms with Crippen LogP contribution in [0, 0.1) is 0 Å². The van der Waals surface area contributed by atoms with Gasteiger partial charge in [0.2, 0.25) is 0 Å². The second-order valence-electron chi connectivity index (χ2n) is 8.39. The van der Waals surface area contributed by atoms with Crippen molar-refractivity contribution >= 4 is 39.0 Å². The summed E-state index contributed by atoms with van der Waals surface area (Å²) in [5, 5.41) is 2.72. The van der Waals surface area contributed by atoms with E-state index in [2.05, 4.69) is 10.0 Å². The molecule has 0 saturated carbocycles. The maximum atomic E-state index is 12.9. The van der Waals surface area contributed by atoms with Crippen LogP contribution in [-0.2, 0) is 21.0 Å². The Hall–Kier alpha value is -4.37. The molecule has 2 N–H and O–H groups in total. The van der Waals surface area contributed by atoms with Crippen molar-refractivity contribution in [2.24, 2.45) is 0 Å². The molecular formula is C28H19F3N2O3S. The third-order valence-corrected chi connectivity index (χ3v) is 7.26. The number of sulfonamides is 1. The van der Waals surface area contributed by atoms with Crippen molar-refractivity contribution in [1.82, 2.24) is 0 Å². The van der Waals surface area contributed by atoms with Gasteiger partial charge in [-0.1, -0.05) is 54.6 Å². The lowest BCUT2D eigenvalue weighted by molar-refractivity contribution is -0.137. The van der Waals surface area contributed by atoms with Crippen molar-refractivity contribution < 1.29 is 26.4 Å². The molecule has 0 radical (unpaired) electrons. The first-order chi connectivity index (χ1) is 17.6. The lowest BCUT2D eigenvalue weighted by atomic mass is 10.0. The molecular weight excluding hydrogens is 501 g/mol. The number of hydrogen-bond donors (Lipinski definition) is 2. The summed E-state index contributed by atoms with van der Waals surface area (Å²) < 4.78 is 66.6. The van der Waals surface area contributed by atoms with Gasteiger partial charge >= 0.3 is 6.18 Å². The molecule has 37 heavy (non-hydrogen) atoms. The zero-order valence-electron chi connectivity index (χ0n) is 19.1. The van der Waals surface area contributed by atoms with Crippen molar-refractivity contribution in [3.05, 3.63) is 114 Å². The number of anilines is 2. The highest BCUT2D eigenvalue weighted by molar-refractivity contribution is 7.92. The summed E-state index contributed by atoms with van der Waals surface area (Å²) in [5.74, 6) is -0.368. The Labute approximate surface area is 211 Å². The van der Waals surface area contributed by atoms with Gasteiger partial charge in [-0.3, -0.25) is 9.52 Å². The minimum absolute atomic E-state index is 0.0167. The Bertz CT molecular complexity index is 1610. The van der Waals surface area contributed by atoms with Gasteiger partial charge in [0.05, 0.1) is 10.5 Å². The number of carbonyl (C=O) groups excluding carboxylic acids is 1. The van der Waals surface area contributed by atoms with E-state index in [1.165, 1.54) is 18.2 Å². The van der Waals surface area contributed by atoms with E-state index in [1.807, 2.05) is 54.6 Å². The number of benzene rings is 4. The number of amides is 1. The predicted octanol–water partition coefficient (Wildman–Crippen LogP) is 6.67. The molecule has 0 bridgehead atoms. The summed E-state index contributed by atoms with van der Waals surface area (Å²) in [4.78, 5) is 12.5. The van der Waals surface area contributed by atoms with Crippen LogP contribution in [0.25, 0.3) is 22.8 Å². The van der Waals surface area contributed by atoms with Gasteiger partial charge in [-0.2, -0.15) is 13.2 Å². The minimum atomic E-state index is -4.53. The van der Waals surface area contributed by atoms with Crippen molar-refractivity contribution in [2.75, 3.05) is 10.0 Å². The van der Waals surface area contributed by atoms with Gasteiger partial charge in [0.15, 0.2) is 0 Å². The number of alkyl halides is 3. The van der Waals surface area contributed by atoms with E-state index in [4.69, 9.17) is 0 Å². The third kappa shape index (κ3) is 5.12. The fraction of sp³-hybridized carbons (Fsp3) is 0.0357. The number of rotatable bonds is 5. The first kappa shape index (κ1) is 24.3. The van der Waals surface area contributed by atoms with Crippen LogP contribution in [0.3, 0.4) is 0 Å². The highest BCUT2D eigenvalue weighted by Crippen LogP contribution is 2.36. The SMILES string of the molecule is O=C1Nc2ccc(S(=O)(=O)Nc3ccc(C(F)(F)F)cc3)cc2C1=Cc1ccc(-c2ccccc2)cc1. The number of hydrogen-bond acceptors (Lipinski definition) is 3. The van der Waals surface area contributed by atoms with Crippen LogP contribution in [0.15, 0.2) is 102 Å². The van der Waals surface area contributed by atoms with Crippen LogP contribution in [0.5, 0.6) is 0 Å². The van der Waals surface area contributed by atoms with Crippen molar-refractivity contribution in [2.45, 2.75) is 11.1 Å². The van der Waals surface area contributed by atoms with Gasteiger partial charge in [0.25, 0.3) is 15.9 Å². The first-order valence-corrected chi connectivity index (χ1v) is 12.6. The molecule has 4 aromatic rings. The van der Waals surface area contributed by atoms with E-state index in [0.29, 0.717) is 16.8 Å². The summed E-state index contributed by atoms with van der Waals surface area (Å²) in [5.41, 5.74) is 3.10. The summed E-state index contributed by atoms with van der Waals surface area (Å²) >= 11 is 0. The Morgan fingerprint density at radius 3 is 2.08 bits per heavy atom. The molecule has 0 unspecified atom stereocenters. The molecule has 1 aliphatic rings. The van der Waals surface area contributed by atoms with Gasteiger partial charge in [0, 0.05) is 22.5 Å². The van der Waals surface area contributed by atoms with E-state index >= 15 is 0 Å². The quantitative estimate of drug-likeness (QED) is 0.289. The monoisotopic (exact) mass is 520 g/mol. The maximum Gasteiger partial charge on any atom is 0.416 e. The Kier molecular flexibility index (Phi) is 6.08. The van der Waals surface area contributed by atoms with Crippen molar-refractivity contribution in [1.29, 1.82) is 0 Å². The molecule has 1 aliphatic heterocycles. The zero-order valence-corrected chi connectivity index (χ0v) is 19.9. The lowest BCUT2D eigenvalue weighted by Gasteiger charge is -2.11. The van der Waals surface area contributed by atoms with Crippen LogP contribution in [0.1, 0.15) is 16.7 Å². The Balaban J connectivity index is 1.42.